The number of hydrogen-bond donors (Lipinski definition) is 0. The first kappa shape index (κ1) is 71.6. The average molecular weight is 1610 g/mol. The summed E-state index contributed by atoms with van der Waals surface area (Å²) in [7, 11) is 0. The molecule has 0 N–H and O–H groups in total. The van der Waals surface area contributed by atoms with Crippen LogP contribution in [0.1, 0.15) is 0 Å². The first-order valence-electron chi connectivity index (χ1n) is 42.3. The van der Waals surface area contributed by atoms with Crippen LogP contribution in [0, 0.1) is 6.57 Å². The van der Waals surface area contributed by atoms with Crippen molar-refractivity contribution in [2.45, 2.75) is 0 Å². The van der Waals surface area contributed by atoms with Gasteiger partial charge in [-0.25, -0.2) is 34.7 Å². The van der Waals surface area contributed by atoms with Crippen LogP contribution in [0.15, 0.2) is 417 Å². The smallest absolute Gasteiger partial charge is 0.235 e. The molecule has 126 heavy (non-hydrogen) atoms. The van der Waals surface area contributed by atoms with Crippen LogP contribution in [0.3, 0.4) is 0 Å². The summed E-state index contributed by atoms with van der Waals surface area (Å²) < 4.78 is 13.2. The molecule has 20 aromatic carbocycles. The fraction of sp³-hybridized carbons (Fsp3) is 0. The lowest BCUT2D eigenvalue weighted by atomic mass is 10.0. The van der Waals surface area contributed by atoms with E-state index in [2.05, 4.69) is 352 Å². The molecular formula is C115H68N10O. The van der Waals surface area contributed by atoms with E-state index in [0.29, 0.717) is 23.5 Å². The van der Waals surface area contributed by atoms with Gasteiger partial charge in [0.1, 0.15) is 11.2 Å². The van der Waals surface area contributed by atoms with Crippen LogP contribution in [0.25, 0.3) is 252 Å². The van der Waals surface area contributed by atoms with E-state index < -0.39 is 0 Å². The number of nitrogens with zero attached hydrogens (tertiary/aromatic N) is 10. The van der Waals surface area contributed by atoms with Crippen molar-refractivity contribution in [3.05, 3.63) is 424 Å². The largest absolute Gasteiger partial charge is 0.455 e. The maximum Gasteiger partial charge on any atom is 0.235 e. The molecule has 0 aliphatic rings. The Morgan fingerprint density at radius 1 is 0.222 bits per heavy atom. The minimum atomic E-state index is 0.609. The molecule has 11 nitrogen and oxygen atoms in total. The van der Waals surface area contributed by atoms with Crippen LogP contribution in [0.2, 0.25) is 0 Å². The second-order valence-corrected chi connectivity index (χ2v) is 32.3. The third-order valence-corrected chi connectivity index (χ3v) is 25.1. The summed E-state index contributed by atoms with van der Waals surface area (Å²) in [6.45, 7) is 7.35. The van der Waals surface area contributed by atoms with Gasteiger partial charge in [0.15, 0.2) is 5.69 Å². The lowest BCUT2D eigenvalue weighted by molar-refractivity contribution is 0.670. The molecule has 0 atom stereocenters. The molecular weight excluding hydrogens is 1540 g/mol. The van der Waals surface area contributed by atoms with Crippen molar-refractivity contribution >= 4 is 190 Å². The van der Waals surface area contributed by atoms with Crippen LogP contribution >= 0.6 is 0 Å². The Labute approximate surface area is 720 Å². The molecule has 0 aliphatic carbocycles. The third kappa shape index (κ3) is 11.7. The van der Waals surface area contributed by atoms with Gasteiger partial charge in [-0.2, -0.15) is 0 Å². The van der Waals surface area contributed by atoms with Crippen LogP contribution in [0.5, 0.6) is 0 Å². The Balaban J connectivity index is 0.000000103. The van der Waals surface area contributed by atoms with Crippen molar-refractivity contribution in [3.63, 3.8) is 0 Å². The molecule has 27 rings (SSSR count). The molecule has 0 saturated carbocycles. The first-order chi connectivity index (χ1) is 62.4. The molecule has 7 heterocycles. The van der Waals surface area contributed by atoms with Crippen LogP contribution in [-0.2, 0) is 0 Å². The van der Waals surface area contributed by atoms with Gasteiger partial charge < -0.3 is 4.42 Å². The molecule has 584 valence electrons. The quantitative estimate of drug-likeness (QED) is 0.146. The van der Waals surface area contributed by atoms with E-state index in [1.807, 2.05) is 78.9 Å². The maximum absolute atomic E-state index is 7.35. The number of para-hydroxylation sites is 5. The highest BCUT2D eigenvalue weighted by atomic mass is 16.3. The molecule has 0 fully saturated rings. The van der Waals surface area contributed by atoms with Gasteiger partial charge in [0.25, 0.3) is 0 Å². The van der Waals surface area contributed by atoms with E-state index in [1.54, 1.807) is 0 Å². The van der Waals surface area contributed by atoms with Crippen molar-refractivity contribution in [3.8, 4) is 62.7 Å². The SMILES string of the molecule is [C-]#[N+]c1ccc(-c2nc(-n3c4cc5ccccc5cc4c4ccc5ccccc5c43)nc3ccccc23)cc1.c1ccc(-c2ccc(-c3nc(-n4c5cc6ccccc6cc5c5c6ccccc6ccc54)nc4ccccc34)cc2)cc1.c1ccc2cc3c(cc2c1)c1c2ccccc2ccc1n3-c1nc(-c2cccc3c2oc2ccccc23)c2ccccc2n1. The van der Waals surface area contributed by atoms with Crippen molar-refractivity contribution in [2.24, 2.45) is 0 Å². The second-order valence-electron chi connectivity index (χ2n) is 32.3. The third-order valence-electron chi connectivity index (χ3n) is 25.1. The standard InChI is InChI=1S/C40H23N3O.C40H25N3.C35H20N4/c1-2-12-26-23-35-32(22-25(26)11-1)37-27-13-4-3-10-24(27)20-21-34(37)43(35)40-41-33-18-7-5-15-30(33)38(42-40)31-17-9-16-29-28-14-6-8-19-36(28)44-39(29)31;1-2-10-26(11-3-1)27-18-20-29(21-19-27)39-33-16-8-9-17-35(33)41-40(42-39)43-36-23-22-28-12-6-7-15-32(28)38(36)34-24-30-13-4-5-14-31(30)25-37(34)43;1-36-26-17-14-23(15-18-26)33-29-12-6-7-13-31(29)37-35(38-33)39-32-21-25-10-3-2-9-24(25)20-30(32)28-19-16-22-8-4-5-11-27(22)34(28)39/h1-23H;1-25H;2-21H. The second kappa shape index (κ2) is 29.0. The molecule has 7 aromatic heterocycles. The van der Waals surface area contributed by atoms with Crippen LogP contribution in [-0.4, -0.2) is 43.6 Å². The van der Waals surface area contributed by atoms with Crippen molar-refractivity contribution in [2.75, 3.05) is 0 Å². The Kier molecular flexibility index (Phi) is 16.5. The van der Waals surface area contributed by atoms with Gasteiger partial charge in [-0.05, 0) is 155 Å². The fourth-order valence-corrected chi connectivity index (χ4v) is 19.3. The zero-order valence-corrected chi connectivity index (χ0v) is 67.6. The number of hydrogen-bond acceptors (Lipinski definition) is 7. The number of fused-ring (bicyclic) bond motifs is 24. The molecule has 0 spiro atoms. The fourth-order valence-electron chi connectivity index (χ4n) is 19.3. The highest BCUT2D eigenvalue weighted by molar-refractivity contribution is 6.26. The monoisotopic (exact) mass is 1600 g/mol. The Morgan fingerprint density at radius 2 is 0.587 bits per heavy atom. The van der Waals surface area contributed by atoms with E-state index in [0.717, 1.165) is 127 Å². The number of benzene rings is 20. The van der Waals surface area contributed by atoms with Crippen molar-refractivity contribution < 1.29 is 4.42 Å². The zero-order chi connectivity index (χ0) is 83.0. The topological polar surface area (TPSA) is 110 Å². The zero-order valence-electron chi connectivity index (χ0n) is 67.6. The minimum Gasteiger partial charge on any atom is -0.455 e. The summed E-state index contributed by atoms with van der Waals surface area (Å²) in [5, 5.41) is 26.8. The summed E-state index contributed by atoms with van der Waals surface area (Å²) in [6.07, 6.45) is 0. The predicted molar refractivity (Wildman–Crippen MR) is 522 cm³/mol. The molecule has 0 amide bonds. The first-order valence-corrected chi connectivity index (χ1v) is 42.3. The van der Waals surface area contributed by atoms with Gasteiger partial charge in [0.05, 0.1) is 73.3 Å². The molecule has 0 unspecified atom stereocenters. The normalized spacial score (nSPS) is 11.8. The Morgan fingerprint density at radius 3 is 1.10 bits per heavy atom. The van der Waals surface area contributed by atoms with E-state index in [1.165, 1.54) is 103 Å². The lowest BCUT2D eigenvalue weighted by Gasteiger charge is -2.13. The van der Waals surface area contributed by atoms with Crippen molar-refractivity contribution in [1.82, 2.24) is 43.6 Å². The Hall–Kier alpha value is -17.3. The predicted octanol–water partition coefficient (Wildman–Crippen LogP) is 30.2. The Bertz CT molecular complexity index is 9260. The molecule has 11 heteroatoms. The van der Waals surface area contributed by atoms with Gasteiger partial charge in [-0.15, -0.1) is 0 Å². The van der Waals surface area contributed by atoms with Gasteiger partial charge >= 0.3 is 0 Å². The minimum absolute atomic E-state index is 0.609. The number of furan rings is 1. The van der Waals surface area contributed by atoms with Gasteiger partial charge in [-0.1, -0.05) is 334 Å². The van der Waals surface area contributed by atoms with Gasteiger partial charge in [-0.3, -0.25) is 13.7 Å². The maximum atomic E-state index is 7.35. The number of aromatic nitrogens is 9. The summed E-state index contributed by atoms with van der Waals surface area (Å²) >= 11 is 0. The number of rotatable bonds is 7. The van der Waals surface area contributed by atoms with Crippen LogP contribution in [0.4, 0.5) is 5.69 Å². The van der Waals surface area contributed by atoms with E-state index in [4.69, 9.17) is 40.9 Å². The summed E-state index contributed by atoms with van der Waals surface area (Å²) in [5.74, 6) is 1.94. The van der Waals surface area contributed by atoms with Crippen LogP contribution < -0.4 is 0 Å². The highest BCUT2D eigenvalue weighted by Gasteiger charge is 2.26. The molecule has 0 aliphatic heterocycles. The summed E-state index contributed by atoms with van der Waals surface area (Å²) in [5.41, 5.74) is 19.5. The van der Waals surface area contributed by atoms with E-state index >= 15 is 0 Å². The van der Waals surface area contributed by atoms with E-state index in [-0.39, 0.29) is 0 Å². The molecule has 0 radical (unpaired) electrons. The molecule has 27 aromatic rings. The summed E-state index contributed by atoms with van der Waals surface area (Å²) in [6, 6.07) is 144. The van der Waals surface area contributed by atoms with Gasteiger partial charge in [0.2, 0.25) is 17.8 Å². The molecule has 0 saturated heterocycles. The highest BCUT2D eigenvalue weighted by Crippen LogP contribution is 2.46. The molecule has 0 bridgehead atoms. The van der Waals surface area contributed by atoms with E-state index in [9.17, 15) is 0 Å². The average Bonchev–Trinajstić information content (AvgIpc) is 1.60. The summed E-state index contributed by atoms with van der Waals surface area (Å²) in [4.78, 5) is 35.0. The van der Waals surface area contributed by atoms with Gasteiger partial charge in [0, 0.05) is 75.8 Å². The van der Waals surface area contributed by atoms with Crippen molar-refractivity contribution in [1.29, 1.82) is 0 Å². The lowest BCUT2D eigenvalue weighted by Crippen LogP contribution is -2.03.